The third-order valence-electron chi connectivity index (χ3n) is 6.54. The molecule has 0 heterocycles. The summed E-state index contributed by atoms with van der Waals surface area (Å²) in [5.74, 6) is 0.408. The molecule has 0 unspecified atom stereocenters. The van der Waals surface area contributed by atoms with Crippen LogP contribution < -0.4 is 25.0 Å². The second-order valence-electron chi connectivity index (χ2n) is 10.0. The monoisotopic (exact) mass is 633 g/mol. The minimum atomic E-state index is -0.942. The average molecular weight is 635 g/mol. The molecular formula is C34H33Cl2N3O5. The molecule has 8 nitrogen and oxygen atoms in total. The number of ether oxygens (including phenoxy) is 3. The Kier molecular flexibility index (Phi) is 11.6. The van der Waals surface area contributed by atoms with Gasteiger partial charge < -0.3 is 19.5 Å². The summed E-state index contributed by atoms with van der Waals surface area (Å²) in [6.07, 6.45) is 0.784. The highest BCUT2D eigenvalue weighted by Gasteiger charge is 2.25. The van der Waals surface area contributed by atoms with E-state index in [9.17, 15) is 9.59 Å². The molecule has 2 atom stereocenters. The van der Waals surface area contributed by atoms with E-state index in [0.29, 0.717) is 34.4 Å². The van der Waals surface area contributed by atoms with Gasteiger partial charge in [0, 0.05) is 11.4 Å². The van der Waals surface area contributed by atoms with Gasteiger partial charge in [0.05, 0.1) is 18.3 Å². The Hall–Kier alpha value is -4.53. The average Bonchev–Trinajstić information content (AvgIpc) is 3.01. The molecule has 0 bridgehead atoms. The normalized spacial score (nSPS) is 12.3. The lowest BCUT2D eigenvalue weighted by atomic mass is 10.1. The Morgan fingerprint density at radius 3 is 2.34 bits per heavy atom. The lowest BCUT2D eigenvalue weighted by Crippen LogP contribution is -2.50. The second-order valence-corrected chi connectivity index (χ2v) is 10.9. The van der Waals surface area contributed by atoms with Crippen LogP contribution in [0.4, 0.5) is 0 Å². The highest BCUT2D eigenvalue weighted by atomic mass is 35.5. The second kappa shape index (κ2) is 15.8. The molecule has 4 aromatic rings. The molecule has 228 valence electrons. The number of hydrazone groups is 1. The van der Waals surface area contributed by atoms with Gasteiger partial charge >= 0.3 is 0 Å². The van der Waals surface area contributed by atoms with Crippen LogP contribution in [0.3, 0.4) is 0 Å². The highest BCUT2D eigenvalue weighted by molar-refractivity contribution is 6.35. The first-order valence-electron chi connectivity index (χ1n) is 13.9. The molecule has 0 aliphatic heterocycles. The lowest BCUT2D eigenvalue weighted by Gasteiger charge is -2.21. The van der Waals surface area contributed by atoms with E-state index in [4.69, 9.17) is 37.4 Å². The van der Waals surface area contributed by atoms with E-state index in [1.165, 1.54) is 12.3 Å². The van der Waals surface area contributed by atoms with Gasteiger partial charge in [0.1, 0.15) is 18.4 Å². The summed E-state index contributed by atoms with van der Waals surface area (Å²) in [4.78, 5) is 26.2. The van der Waals surface area contributed by atoms with Gasteiger partial charge in [-0.3, -0.25) is 9.59 Å². The summed E-state index contributed by atoms with van der Waals surface area (Å²) < 4.78 is 17.2. The number of hydrogen-bond donors (Lipinski definition) is 2. The van der Waals surface area contributed by atoms with Crippen molar-refractivity contribution in [3.05, 3.63) is 123 Å². The van der Waals surface area contributed by atoms with Crippen LogP contribution in [0.15, 0.2) is 96.1 Å². The molecule has 10 heteroatoms. The maximum atomic E-state index is 13.2. The predicted molar refractivity (Wildman–Crippen MR) is 173 cm³/mol. The van der Waals surface area contributed by atoms with Gasteiger partial charge in [0.2, 0.25) is 0 Å². The van der Waals surface area contributed by atoms with Crippen molar-refractivity contribution in [1.29, 1.82) is 0 Å². The maximum Gasteiger partial charge on any atom is 0.262 e. The van der Waals surface area contributed by atoms with Crippen molar-refractivity contribution < 1.29 is 23.8 Å². The summed E-state index contributed by atoms with van der Waals surface area (Å²) >= 11 is 12.1. The van der Waals surface area contributed by atoms with Crippen molar-refractivity contribution in [3.63, 3.8) is 0 Å². The van der Waals surface area contributed by atoms with E-state index >= 15 is 0 Å². The fourth-order valence-electron chi connectivity index (χ4n) is 4.26. The van der Waals surface area contributed by atoms with Gasteiger partial charge in [-0.05, 0) is 66.9 Å². The molecule has 0 aromatic heterocycles. The Morgan fingerprint density at radius 2 is 1.61 bits per heavy atom. The fourth-order valence-corrected chi connectivity index (χ4v) is 4.71. The maximum absolute atomic E-state index is 13.2. The minimum Gasteiger partial charge on any atom is -0.493 e. The standard InChI is InChI=1S/C34H33Cl2N3O5/c1-22-8-7-11-26(16-22)21-43-31-14-12-25(18-32(31)42-3)20-37-39-34(41)29(17-24-9-5-4-6-10-24)38-33(40)23(2)44-30-15-13-27(35)19-28(30)36/h4-16,18-20,23,29H,17,21H2,1-3H3,(H,38,40)(H,39,41)/b37-20-/t23-,29+/m1/s1. The summed E-state index contributed by atoms with van der Waals surface area (Å²) in [5.41, 5.74) is 6.27. The molecule has 0 saturated heterocycles. The van der Waals surface area contributed by atoms with E-state index in [1.54, 1.807) is 44.4 Å². The van der Waals surface area contributed by atoms with Crippen LogP contribution in [-0.4, -0.2) is 37.3 Å². The Labute approximate surface area is 266 Å². The molecular weight excluding hydrogens is 601 g/mol. The fraction of sp³-hybridized carbons (Fsp3) is 0.206. The number of rotatable bonds is 13. The molecule has 2 amide bonds. The minimum absolute atomic E-state index is 0.239. The summed E-state index contributed by atoms with van der Waals surface area (Å²) in [7, 11) is 1.56. The zero-order valence-corrected chi connectivity index (χ0v) is 26.1. The molecule has 2 N–H and O–H groups in total. The zero-order valence-electron chi connectivity index (χ0n) is 24.6. The molecule has 0 saturated carbocycles. The van der Waals surface area contributed by atoms with E-state index in [-0.39, 0.29) is 11.4 Å². The van der Waals surface area contributed by atoms with E-state index in [0.717, 1.165) is 16.7 Å². The molecule has 0 spiro atoms. The number of carbonyl (C=O) groups is 2. The Balaban J connectivity index is 1.40. The van der Waals surface area contributed by atoms with Gasteiger partial charge in [-0.25, -0.2) is 5.43 Å². The van der Waals surface area contributed by atoms with E-state index < -0.39 is 24.0 Å². The number of hydrogen-bond acceptors (Lipinski definition) is 6. The van der Waals surface area contributed by atoms with Crippen LogP contribution in [0.25, 0.3) is 0 Å². The number of nitrogens with zero attached hydrogens (tertiary/aromatic N) is 1. The summed E-state index contributed by atoms with van der Waals surface area (Å²) in [6, 6.07) is 26.5. The number of aryl methyl sites for hydroxylation is 1. The Morgan fingerprint density at radius 1 is 0.864 bits per heavy atom. The van der Waals surface area contributed by atoms with E-state index in [1.807, 2.05) is 55.5 Å². The molecule has 0 fully saturated rings. The summed E-state index contributed by atoms with van der Waals surface area (Å²) in [6.45, 7) is 3.99. The smallest absolute Gasteiger partial charge is 0.262 e. The topological polar surface area (TPSA) is 98.2 Å². The van der Waals surface area contributed by atoms with Gasteiger partial charge in [0.15, 0.2) is 17.6 Å². The third kappa shape index (κ3) is 9.49. The van der Waals surface area contributed by atoms with Crippen molar-refractivity contribution in [2.24, 2.45) is 5.10 Å². The first-order chi connectivity index (χ1) is 21.2. The van der Waals surface area contributed by atoms with Crippen LogP contribution in [0.2, 0.25) is 10.0 Å². The van der Waals surface area contributed by atoms with Crippen molar-refractivity contribution in [2.45, 2.75) is 39.0 Å². The molecule has 0 radical (unpaired) electrons. The predicted octanol–water partition coefficient (Wildman–Crippen LogP) is 6.53. The number of halogens is 2. The number of benzene rings is 4. The first kappa shape index (κ1) is 32.4. The van der Waals surface area contributed by atoms with Gasteiger partial charge in [-0.2, -0.15) is 5.10 Å². The van der Waals surface area contributed by atoms with Gasteiger partial charge in [-0.15, -0.1) is 0 Å². The third-order valence-corrected chi connectivity index (χ3v) is 7.07. The largest absolute Gasteiger partial charge is 0.493 e. The number of carbonyl (C=O) groups excluding carboxylic acids is 2. The highest BCUT2D eigenvalue weighted by Crippen LogP contribution is 2.29. The van der Waals surface area contributed by atoms with Crippen LogP contribution in [0, 0.1) is 6.92 Å². The van der Waals surface area contributed by atoms with Crippen LogP contribution in [-0.2, 0) is 22.6 Å². The Bertz CT molecular complexity index is 1610. The van der Waals surface area contributed by atoms with Crippen LogP contribution >= 0.6 is 23.2 Å². The number of amides is 2. The van der Waals surface area contributed by atoms with Crippen molar-refractivity contribution in [2.75, 3.05) is 7.11 Å². The summed E-state index contributed by atoms with van der Waals surface area (Å²) in [5, 5.41) is 7.60. The molecule has 44 heavy (non-hydrogen) atoms. The van der Waals surface area contributed by atoms with E-state index in [2.05, 4.69) is 21.9 Å². The molecule has 4 aromatic carbocycles. The van der Waals surface area contributed by atoms with Gasteiger partial charge in [0.25, 0.3) is 11.8 Å². The van der Waals surface area contributed by atoms with Crippen molar-refractivity contribution in [1.82, 2.24) is 10.7 Å². The quantitative estimate of drug-likeness (QED) is 0.129. The SMILES string of the molecule is COc1cc(/C=N\NC(=O)[C@H](Cc2ccccc2)NC(=O)[C@@H](C)Oc2ccc(Cl)cc2Cl)ccc1OCc1cccc(C)c1. The lowest BCUT2D eigenvalue weighted by molar-refractivity contribution is -0.132. The molecule has 4 rings (SSSR count). The van der Waals surface area contributed by atoms with Gasteiger partial charge in [-0.1, -0.05) is 83.4 Å². The van der Waals surface area contributed by atoms with Crippen molar-refractivity contribution in [3.8, 4) is 17.2 Å². The molecule has 0 aliphatic carbocycles. The number of nitrogens with one attached hydrogen (secondary N) is 2. The van der Waals surface area contributed by atoms with Crippen LogP contribution in [0.5, 0.6) is 17.2 Å². The van der Waals surface area contributed by atoms with Crippen molar-refractivity contribution >= 4 is 41.2 Å². The van der Waals surface area contributed by atoms with Crippen LogP contribution in [0.1, 0.15) is 29.2 Å². The zero-order chi connectivity index (χ0) is 31.5. The first-order valence-corrected chi connectivity index (χ1v) is 14.6. The number of methoxy groups -OCH3 is 1. The molecule has 0 aliphatic rings.